The monoisotopic (exact) mass is 314 g/mol. The summed E-state index contributed by atoms with van der Waals surface area (Å²) in [5.41, 5.74) is 1.67. The van der Waals surface area contributed by atoms with E-state index in [0.717, 1.165) is 0 Å². The molecule has 0 saturated heterocycles. The fraction of sp³-hybridized carbons (Fsp3) is 0.278. The lowest BCUT2D eigenvalue weighted by atomic mass is 10.0. The fourth-order valence-corrected chi connectivity index (χ4v) is 2.40. The zero-order chi connectivity index (χ0) is 16.8. The Kier molecular flexibility index (Phi) is 5.69. The van der Waals surface area contributed by atoms with Gasteiger partial charge in [-0.2, -0.15) is 5.26 Å². The Morgan fingerprint density at radius 1 is 1.26 bits per heavy atom. The fourth-order valence-electron chi connectivity index (χ4n) is 2.40. The lowest BCUT2D eigenvalue weighted by Crippen LogP contribution is -2.25. The van der Waals surface area contributed by atoms with Crippen LogP contribution in [0.2, 0.25) is 0 Å². The Morgan fingerprint density at radius 2 is 1.96 bits per heavy atom. The number of aliphatic hydroxyl groups is 1. The summed E-state index contributed by atoms with van der Waals surface area (Å²) < 4.78 is 19.2. The Balaban J connectivity index is 2.04. The Labute approximate surface area is 135 Å². The van der Waals surface area contributed by atoms with Crippen molar-refractivity contribution in [1.82, 2.24) is 5.32 Å². The summed E-state index contributed by atoms with van der Waals surface area (Å²) >= 11 is 0. The van der Waals surface area contributed by atoms with Crippen LogP contribution in [0.4, 0.5) is 4.39 Å². The summed E-state index contributed by atoms with van der Waals surface area (Å²) in [5.74, 6) is 0.120. The van der Waals surface area contributed by atoms with Crippen molar-refractivity contribution in [1.29, 1.82) is 5.26 Å². The molecule has 0 fully saturated rings. The van der Waals surface area contributed by atoms with Crippen molar-refractivity contribution >= 4 is 0 Å². The number of nitrogens with zero attached hydrogens (tertiary/aromatic N) is 1. The zero-order valence-electron chi connectivity index (χ0n) is 13.1. The first-order valence-electron chi connectivity index (χ1n) is 7.30. The van der Waals surface area contributed by atoms with Gasteiger partial charge in [-0.25, -0.2) is 4.39 Å². The molecule has 23 heavy (non-hydrogen) atoms. The van der Waals surface area contributed by atoms with Gasteiger partial charge in [0.05, 0.1) is 24.8 Å². The maximum absolute atomic E-state index is 14.0. The van der Waals surface area contributed by atoms with E-state index >= 15 is 0 Å². The average Bonchev–Trinajstić information content (AvgIpc) is 2.59. The van der Waals surface area contributed by atoms with Crippen LogP contribution in [0, 0.1) is 17.1 Å². The van der Waals surface area contributed by atoms with Gasteiger partial charge in [0.15, 0.2) is 0 Å². The first kappa shape index (κ1) is 16.9. The second-order valence-electron chi connectivity index (χ2n) is 5.24. The van der Waals surface area contributed by atoms with Crippen molar-refractivity contribution in [3.05, 3.63) is 65.0 Å². The zero-order valence-corrected chi connectivity index (χ0v) is 13.1. The highest BCUT2D eigenvalue weighted by Gasteiger charge is 2.17. The van der Waals surface area contributed by atoms with Crippen molar-refractivity contribution in [3.63, 3.8) is 0 Å². The number of nitriles is 1. The molecule has 2 rings (SSSR count). The smallest absolute Gasteiger partial charge is 0.131 e. The van der Waals surface area contributed by atoms with E-state index in [-0.39, 0.29) is 18.4 Å². The molecule has 0 amide bonds. The molecule has 2 unspecified atom stereocenters. The standard InChI is InChI=1S/C18H19FN2O2/c1-12(18-15(19)4-3-5-17(18)23-2)21-11-16(22)14-8-6-13(10-20)7-9-14/h3-9,12,16,21-22H,11H2,1-2H3. The number of ether oxygens (including phenoxy) is 1. The van der Waals surface area contributed by atoms with Crippen molar-refractivity contribution in [2.75, 3.05) is 13.7 Å². The molecule has 0 aromatic heterocycles. The van der Waals surface area contributed by atoms with Crippen LogP contribution in [0.5, 0.6) is 5.75 Å². The number of hydrogen-bond acceptors (Lipinski definition) is 4. The lowest BCUT2D eigenvalue weighted by molar-refractivity contribution is 0.170. The third kappa shape index (κ3) is 4.07. The van der Waals surface area contributed by atoms with E-state index in [4.69, 9.17) is 10.00 Å². The summed E-state index contributed by atoms with van der Waals surface area (Å²) in [4.78, 5) is 0. The van der Waals surface area contributed by atoms with Crippen molar-refractivity contribution in [2.24, 2.45) is 0 Å². The molecule has 0 heterocycles. The van der Waals surface area contributed by atoms with Crippen LogP contribution in [-0.4, -0.2) is 18.8 Å². The molecule has 0 spiro atoms. The van der Waals surface area contributed by atoms with Crippen LogP contribution in [-0.2, 0) is 0 Å². The van der Waals surface area contributed by atoms with E-state index in [2.05, 4.69) is 5.32 Å². The molecule has 5 heteroatoms. The molecule has 4 nitrogen and oxygen atoms in total. The van der Waals surface area contributed by atoms with E-state index in [1.165, 1.54) is 13.2 Å². The van der Waals surface area contributed by atoms with Gasteiger partial charge in [-0.05, 0) is 36.8 Å². The second kappa shape index (κ2) is 7.73. The highest BCUT2D eigenvalue weighted by atomic mass is 19.1. The van der Waals surface area contributed by atoms with Gasteiger partial charge in [-0.1, -0.05) is 18.2 Å². The summed E-state index contributed by atoms with van der Waals surface area (Å²) in [6, 6.07) is 13.1. The molecule has 0 aliphatic carbocycles. The van der Waals surface area contributed by atoms with Crippen LogP contribution in [0.1, 0.15) is 35.8 Å². The molecule has 2 aromatic carbocycles. The third-order valence-corrected chi connectivity index (χ3v) is 3.71. The number of aliphatic hydroxyl groups excluding tert-OH is 1. The highest BCUT2D eigenvalue weighted by molar-refractivity contribution is 5.37. The minimum atomic E-state index is -0.747. The minimum absolute atomic E-state index is 0.255. The number of halogens is 1. The van der Waals surface area contributed by atoms with Gasteiger partial charge in [-0.15, -0.1) is 0 Å². The lowest BCUT2D eigenvalue weighted by Gasteiger charge is -2.20. The van der Waals surface area contributed by atoms with Crippen LogP contribution >= 0.6 is 0 Å². The largest absolute Gasteiger partial charge is 0.496 e. The number of benzene rings is 2. The van der Waals surface area contributed by atoms with Gasteiger partial charge < -0.3 is 15.2 Å². The summed E-state index contributed by atoms with van der Waals surface area (Å²) in [5, 5.41) is 22.1. The molecule has 0 aliphatic rings. The Morgan fingerprint density at radius 3 is 2.57 bits per heavy atom. The normalized spacial score (nSPS) is 13.2. The van der Waals surface area contributed by atoms with Gasteiger partial charge in [0.25, 0.3) is 0 Å². The van der Waals surface area contributed by atoms with Crippen molar-refractivity contribution in [3.8, 4) is 11.8 Å². The highest BCUT2D eigenvalue weighted by Crippen LogP contribution is 2.28. The van der Waals surface area contributed by atoms with Gasteiger partial charge in [-0.3, -0.25) is 0 Å². The Hall–Kier alpha value is -2.42. The predicted molar refractivity (Wildman–Crippen MR) is 85.5 cm³/mol. The number of hydrogen-bond donors (Lipinski definition) is 2. The van der Waals surface area contributed by atoms with Gasteiger partial charge in [0.1, 0.15) is 11.6 Å². The second-order valence-corrected chi connectivity index (χ2v) is 5.24. The number of methoxy groups -OCH3 is 1. The van der Waals surface area contributed by atoms with Crippen molar-refractivity contribution in [2.45, 2.75) is 19.1 Å². The van der Waals surface area contributed by atoms with Gasteiger partial charge in [0, 0.05) is 18.2 Å². The summed E-state index contributed by atoms with van der Waals surface area (Å²) in [6.45, 7) is 2.07. The van der Waals surface area contributed by atoms with Gasteiger partial charge >= 0.3 is 0 Å². The molecule has 0 radical (unpaired) electrons. The van der Waals surface area contributed by atoms with E-state index in [9.17, 15) is 9.50 Å². The molecular weight excluding hydrogens is 295 g/mol. The minimum Gasteiger partial charge on any atom is -0.496 e. The van der Waals surface area contributed by atoms with Crippen molar-refractivity contribution < 1.29 is 14.2 Å². The molecule has 0 aliphatic heterocycles. The molecule has 120 valence electrons. The van der Waals surface area contributed by atoms with Gasteiger partial charge in [0.2, 0.25) is 0 Å². The molecule has 0 bridgehead atoms. The summed E-state index contributed by atoms with van der Waals surface area (Å²) in [6.07, 6.45) is -0.747. The predicted octanol–water partition coefficient (Wildman–Crippen LogP) is 3.09. The molecule has 0 saturated carbocycles. The maximum atomic E-state index is 14.0. The Bertz CT molecular complexity index is 695. The van der Waals surface area contributed by atoms with Crippen LogP contribution in [0.3, 0.4) is 0 Å². The SMILES string of the molecule is COc1cccc(F)c1C(C)NCC(O)c1ccc(C#N)cc1. The van der Waals surface area contributed by atoms with E-state index in [1.54, 1.807) is 36.4 Å². The molecule has 2 aromatic rings. The van der Waals surface area contributed by atoms with E-state index < -0.39 is 6.10 Å². The first-order valence-corrected chi connectivity index (χ1v) is 7.30. The number of nitrogens with one attached hydrogen (secondary N) is 1. The quantitative estimate of drug-likeness (QED) is 0.860. The van der Waals surface area contributed by atoms with E-state index in [0.29, 0.717) is 22.4 Å². The van der Waals surface area contributed by atoms with Crippen LogP contribution < -0.4 is 10.1 Å². The molecule has 2 atom stereocenters. The van der Waals surface area contributed by atoms with E-state index in [1.807, 2.05) is 13.0 Å². The number of rotatable bonds is 6. The van der Waals surface area contributed by atoms with Crippen LogP contribution in [0.15, 0.2) is 42.5 Å². The van der Waals surface area contributed by atoms with Crippen LogP contribution in [0.25, 0.3) is 0 Å². The molecule has 2 N–H and O–H groups in total. The first-order chi connectivity index (χ1) is 11.1. The average molecular weight is 314 g/mol. The summed E-state index contributed by atoms with van der Waals surface area (Å²) in [7, 11) is 1.50. The topological polar surface area (TPSA) is 65.3 Å². The maximum Gasteiger partial charge on any atom is 0.131 e. The molecular formula is C18H19FN2O2. The third-order valence-electron chi connectivity index (χ3n) is 3.71.